The zero-order valence-electron chi connectivity index (χ0n) is 15.3. The van der Waals surface area contributed by atoms with Gasteiger partial charge in [0.15, 0.2) is 0 Å². The molecule has 0 unspecified atom stereocenters. The van der Waals surface area contributed by atoms with Crippen molar-refractivity contribution in [3.8, 4) is 0 Å². The normalized spacial score (nSPS) is 25.6. The summed E-state index contributed by atoms with van der Waals surface area (Å²) in [5.74, 6) is 1.54. The van der Waals surface area contributed by atoms with E-state index in [4.69, 9.17) is 4.74 Å². The number of ether oxygens (including phenoxy) is 1. The number of rotatable bonds is 4. The van der Waals surface area contributed by atoms with E-state index >= 15 is 0 Å². The molecule has 2 aromatic rings. The molecule has 2 aliphatic rings. The van der Waals surface area contributed by atoms with Crippen LogP contribution in [0.25, 0.3) is 11.0 Å². The maximum absolute atomic E-state index is 5.53. The fraction of sp³-hybridized carbons (Fsp3) is 0.684. The van der Waals surface area contributed by atoms with Crippen LogP contribution in [0.4, 0.5) is 5.82 Å². The molecule has 1 saturated carbocycles. The third kappa shape index (κ3) is 3.51. The number of anilines is 1. The quantitative estimate of drug-likeness (QED) is 0.893. The molecule has 25 heavy (non-hydrogen) atoms. The van der Waals surface area contributed by atoms with Gasteiger partial charge >= 0.3 is 0 Å². The van der Waals surface area contributed by atoms with Crippen molar-refractivity contribution in [3.05, 3.63) is 18.1 Å². The molecule has 2 N–H and O–H groups in total. The van der Waals surface area contributed by atoms with Gasteiger partial charge in [-0.1, -0.05) is 0 Å². The van der Waals surface area contributed by atoms with E-state index in [1.165, 1.54) is 36.6 Å². The number of aromatic nitrogens is 3. The maximum atomic E-state index is 5.53. The minimum atomic E-state index is 0.506. The van der Waals surface area contributed by atoms with E-state index in [0.29, 0.717) is 18.0 Å². The monoisotopic (exact) mass is 343 g/mol. The number of nitrogens with one attached hydrogen (secondary N) is 2. The topological polar surface area (TPSA) is 66.1 Å². The van der Waals surface area contributed by atoms with E-state index in [-0.39, 0.29) is 0 Å². The third-order valence-corrected chi connectivity index (χ3v) is 5.93. The average Bonchev–Trinajstić information content (AvgIpc) is 3.08. The Hall–Kier alpha value is -1.66. The fourth-order valence-electron chi connectivity index (χ4n) is 4.36. The molecule has 0 bridgehead atoms. The van der Waals surface area contributed by atoms with Gasteiger partial charge in [-0.2, -0.15) is 0 Å². The predicted octanol–water partition coefficient (Wildman–Crippen LogP) is 3.14. The SMILES string of the molecule is CN(C)C1CCC(Nc2ncnc3[nH]cc(C4CCOCC4)c23)CC1. The smallest absolute Gasteiger partial charge is 0.143 e. The fourth-order valence-corrected chi connectivity index (χ4v) is 4.36. The van der Waals surface area contributed by atoms with E-state index in [1.807, 2.05) is 0 Å². The zero-order valence-corrected chi connectivity index (χ0v) is 15.3. The first-order valence-corrected chi connectivity index (χ1v) is 9.55. The van der Waals surface area contributed by atoms with Crippen molar-refractivity contribution in [3.63, 3.8) is 0 Å². The summed E-state index contributed by atoms with van der Waals surface area (Å²) in [7, 11) is 4.37. The van der Waals surface area contributed by atoms with Crippen LogP contribution in [0.3, 0.4) is 0 Å². The summed E-state index contributed by atoms with van der Waals surface area (Å²) in [6.45, 7) is 1.70. The van der Waals surface area contributed by atoms with Gasteiger partial charge in [-0.3, -0.25) is 0 Å². The Morgan fingerprint density at radius 2 is 1.84 bits per heavy atom. The Bertz CT molecular complexity index is 699. The highest BCUT2D eigenvalue weighted by Crippen LogP contribution is 2.35. The van der Waals surface area contributed by atoms with E-state index in [1.54, 1.807) is 6.33 Å². The van der Waals surface area contributed by atoms with Crippen LogP contribution in [0.5, 0.6) is 0 Å². The Morgan fingerprint density at radius 1 is 1.08 bits per heavy atom. The first-order chi connectivity index (χ1) is 12.2. The number of H-pyrrole nitrogens is 1. The van der Waals surface area contributed by atoms with Gasteiger partial charge in [-0.25, -0.2) is 9.97 Å². The highest BCUT2D eigenvalue weighted by atomic mass is 16.5. The summed E-state index contributed by atoms with van der Waals surface area (Å²) >= 11 is 0. The van der Waals surface area contributed by atoms with E-state index < -0.39 is 0 Å². The number of fused-ring (bicyclic) bond motifs is 1. The first kappa shape index (κ1) is 16.8. The minimum Gasteiger partial charge on any atom is -0.381 e. The van der Waals surface area contributed by atoms with Crippen molar-refractivity contribution in [2.75, 3.05) is 32.6 Å². The molecule has 0 atom stereocenters. The lowest BCUT2D eigenvalue weighted by Gasteiger charge is -2.33. The van der Waals surface area contributed by atoms with Gasteiger partial charge in [0, 0.05) is 31.5 Å². The second-order valence-corrected chi connectivity index (χ2v) is 7.69. The van der Waals surface area contributed by atoms with Crippen LogP contribution < -0.4 is 5.32 Å². The van der Waals surface area contributed by atoms with Crippen molar-refractivity contribution in [1.82, 2.24) is 19.9 Å². The summed E-state index contributed by atoms with van der Waals surface area (Å²) in [5, 5.41) is 4.91. The van der Waals surface area contributed by atoms with Crippen molar-refractivity contribution >= 4 is 16.9 Å². The summed E-state index contributed by atoms with van der Waals surface area (Å²) in [5.41, 5.74) is 2.30. The van der Waals surface area contributed by atoms with Crippen molar-refractivity contribution in [2.24, 2.45) is 0 Å². The molecule has 0 amide bonds. The number of aromatic amines is 1. The molecule has 1 saturated heterocycles. The Morgan fingerprint density at radius 3 is 2.56 bits per heavy atom. The minimum absolute atomic E-state index is 0.506. The van der Waals surface area contributed by atoms with Crippen molar-refractivity contribution < 1.29 is 4.74 Å². The van der Waals surface area contributed by atoms with Gasteiger partial charge in [0.2, 0.25) is 0 Å². The molecule has 2 aromatic heterocycles. The molecule has 1 aliphatic carbocycles. The summed E-state index contributed by atoms with van der Waals surface area (Å²) < 4.78 is 5.53. The molecular formula is C19H29N5O. The second-order valence-electron chi connectivity index (χ2n) is 7.69. The first-order valence-electron chi connectivity index (χ1n) is 9.55. The lowest BCUT2D eigenvalue weighted by molar-refractivity contribution is 0.0856. The molecule has 6 nitrogen and oxygen atoms in total. The van der Waals surface area contributed by atoms with Gasteiger partial charge < -0.3 is 19.9 Å². The number of nitrogens with zero attached hydrogens (tertiary/aromatic N) is 3. The molecule has 0 aromatic carbocycles. The molecule has 6 heteroatoms. The van der Waals surface area contributed by atoms with Gasteiger partial charge in [0.1, 0.15) is 17.8 Å². The molecular weight excluding hydrogens is 314 g/mol. The van der Waals surface area contributed by atoms with Crippen LogP contribution in [-0.4, -0.2) is 59.2 Å². The van der Waals surface area contributed by atoms with Crippen molar-refractivity contribution in [2.45, 2.75) is 56.5 Å². The molecule has 0 spiro atoms. The predicted molar refractivity (Wildman–Crippen MR) is 100 cm³/mol. The Balaban J connectivity index is 1.54. The molecule has 4 rings (SSSR count). The third-order valence-electron chi connectivity index (χ3n) is 5.93. The van der Waals surface area contributed by atoms with Gasteiger partial charge in [0.05, 0.1) is 5.39 Å². The highest BCUT2D eigenvalue weighted by molar-refractivity contribution is 5.90. The Kier molecular flexibility index (Phi) is 4.90. The maximum Gasteiger partial charge on any atom is 0.143 e. The molecule has 3 heterocycles. The summed E-state index contributed by atoms with van der Waals surface area (Å²) in [4.78, 5) is 14.7. The van der Waals surface area contributed by atoms with E-state index in [2.05, 4.69) is 45.5 Å². The van der Waals surface area contributed by atoms with Gasteiger partial charge in [-0.05, 0) is 64.1 Å². The van der Waals surface area contributed by atoms with Crippen LogP contribution >= 0.6 is 0 Å². The average molecular weight is 343 g/mol. The largest absolute Gasteiger partial charge is 0.381 e. The Labute approximate surface area is 149 Å². The summed E-state index contributed by atoms with van der Waals surface area (Å²) in [6.07, 6.45) is 10.8. The molecule has 136 valence electrons. The van der Waals surface area contributed by atoms with Crippen molar-refractivity contribution in [1.29, 1.82) is 0 Å². The van der Waals surface area contributed by atoms with E-state index in [0.717, 1.165) is 37.5 Å². The lowest BCUT2D eigenvalue weighted by Crippen LogP contribution is -2.36. The number of hydrogen-bond donors (Lipinski definition) is 2. The molecule has 2 fully saturated rings. The molecule has 0 radical (unpaired) electrons. The highest BCUT2D eigenvalue weighted by Gasteiger charge is 2.25. The second kappa shape index (κ2) is 7.30. The standard InChI is InChI=1S/C19H29N5O/c1-24(2)15-5-3-14(4-6-15)23-19-17-16(13-7-9-25-10-8-13)11-20-18(17)21-12-22-19/h11-15H,3-10H2,1-2H3,(H2,20,21,22,23). The van der Waals surface area contributed by atoms with Crippen LogP contribution in [-0.2, 0) is 4.74 Å². The van der Waals surface area contributed by atoms with Gasteiger partial charge in [-0.15, -0.1) is 0 Å². The summed E-state index contributed by atoms with van der Waals surface area (Å²) in [6, 6.07) is 1.22. The molecule has 1 aliphatic heterocycles. The number of hydrogen-bond acceptors (Lipinski definition) is 5. The van der Waals surface area contributed by atoms with Crippen LogP contribution in [0.2, 0.25) is 0 Å². The lowest BCUT2D eigenvalue weighted by atomic mass is 9.90. The zero-order chi connectivity index (χ0) is 17.2. The van der Waals surface area contributed by atoms with E-state index in [9.17, 15) is 0 Å². The van der Waals surface area contributed by atoms with Gasteiger partial charge in [0.25, 0.3) is 0 Å². The van der Waals surface area contributed by atoms with Crippen LogP contribution in [0, 0.1) is 0 Å². The van der Waals surface area contributed by atoms with Crippen LogP contribution in [0.1, 0.15) is 50.0 Å². The van der Waals surface area contributed by atoms with Crippen LogP contribution in [0.15, 0.2) is 12.5 Å².